The van der Waals surface area contributed by atoms with Gasteiger partial charge in [0.25, 0.3) is 0 Å². The third-order valence-corrected chi connectivity index (χ3v) is 2.40. The van der Waals surface area contributed by atoms with Crippen LogP contribution < -0.4 is 0 Å². The van der Waals surface area contributed by atoms with Gasteiger partial charge in [0.05, 0.1) is 18.3 Å². The van der Waals surface area contributed by atoms with Crippen LogP contribution in [0.5, 0.6) is 0 Å². The molecule has 0 saturated carbocycles. The molecule has 1 atom stereocenters. The first-order chi connectivity index (χ1) is 5.56. The Hall–Kier alpha value is -0.340. The number of epoxide rings is 1. The van der Waals surface area contributed by atoms with Gasteiger partial charge in [-0.05, 0) is 33.6 Å². The third kappa shape index (κ3) is 2.61. The van der Waals surface area contributed by atoms with Gasteiger partial charge in [-0.2, -0.15) is 0 Å². The van der Waals surface area contributed by atoms with Gasteiger partial charge in [0.2, 0.25) is 0 Å². The van der Waals surface area contributed by atoms with Crippen molar-refractivity contribution >= 4 is 0 Å². The maximum absolute atomic E-state index is 8.61. The van der Waals surface area contributed by atoms with E-state index in [0.717, 1.165) is 12.8 Å². The number of aliphatic hydroxyl groups excluding tert-OH is 1. The van der Waals surface area contributed by atoms with Crippen LogP contribution in [0.2, 0.25) is 0 Å². The Labute approximate surface area is 74.2 Å². The Morgan fingerprint density at radius 2 is 2.17 bits per heavy atom. The number of rotatable bonds is 4. The Morgan fingerprint density at radius 3 is 2.58 bits per heavy atom. The molecule has 1 aliphatic heterocycles. The van der Waals surface area contributed by atoms with Gasteiger partial charge in [0.1, 0.15) is 0 Å². The van der Waals surface area contributed by atoms with E-state index in [2.05, 4.69) is 13.8 Å². The first kappa shape index (κ1) is 9.75. The number of hydrogen-bond acceptors (Lipinski definition) is 2. The molecule has 1 N–H and O–H groups in total. The molecule has 0 aromatic carbocycles. The Kier molecular flexibility index (Phi) is 2.91. The molecule has 70 valence electrons. The van der Waals surface area contributed by atoms with Gasteiger partial charge in [-0.1, -0.05) is 11.6 Å². The molecule has 0 aromatic rings. The zero-order valence-electron chi connectivity index (χ0n) is 8.13. The maximum Gasteiger partial charge on any atom is 0.0892 e. The molecule has 0 bridgehead atoms. The summed E-state index contributed by atoms with van der Waals surface area (Å²) in [6.45, 7) is 6.43. The predicted molar refractivity (Wildman–Crippen MR) is 49.0 cm³/mol. The van der Waals surface area contributed by atoms with Crippen molar-refractivity contribution < 1.29 is 9.84 Å². The first-order valence-electron chi connectivity index (χ1n) is 4.50. The van der Waals surface area contributed by atoms with Crippen molar-refractivity contribution in [3.05, 3.63) is 11.6 Å². The summed E-state index contributed by atoms with van der Waals surface area (Å²) in [6, 6.07) is 0. The minimum Gasteiger partial charge on any atom is -0.392 e. The summed E-state index contributed by atoms with van der Waals surface area (Å²) in [5.41, 5.74) is 1.36. The van der Waals surface area contributed by atoms with Crippen LogP contribution in [0, 0.1) is 0 Å². The van der Waals surface area contributed by atoms with Gasteiger partial charge < -0.3 is 9.84 Å². The van der Waals surface area contributed by atoms with Crippen molar-refractivity contribution in [2.45, 2.75) is 45.3 Å². The second-order valence-electron chi connectivity index (χ2n) is 3.98. The molecule has 0 radical (unpaired) electrons. The summed E-state index contributed by atoms with van der Waals surface area (Å²) < 4.78 is 5.44. The molecule has 2 heteroatoms. The van der Waals surface area contributed by atoms with E-state index in [0.29, 0.717) is 6.10 Å². The average molecular weight is 170 g/mol. The van der Waals surface area contributed by atoms with Crippen LogP contribution in [0.1, 0.15) is 33.6 Å². The van der Waals surface area contributed by atoms with Gasteiger partial charge in [0, 0.05) is 0 Å². The summed E-state index contributed by atoms with van der Waals surface area (Å²) >= 11 is 0. The zero-order valence-corrected chi connectivity index (χ0v) is 8.13. The number of aliphatic hydroxyl groups is 1. The van der Waals surface area contributed by atoms with Crippen molar-refractivity contribution in [1.82, 2.24) is 0 Å². The van der Waals surface area contributed by atoms with E-state index in [1.54, 1.807) is 0 Å². The lowest BCUT2D eigenvalue weighted by Crippen LogP contribution is -2.02. The van der Waals surface area contributed by atoms with Crippen LogP contribution in [0.4, 0.5) is 0 Å². The minimum absolute atomic E-state index is 0.111. The average Bonchev–Trinajstić information content (AvgIpc) is 2.56. The molecule has 1 rings (SSSR count). The summed E-state index contributed by atoms with van der Waals surface area (Å²) in [6.07, 6.45) is 4.40. The van der Waals surface area contributed by atoms with E-state index in [-0.39, 0.29) is 12.2 Å². The Balaban J connectivity index is 2.15. The van der Waals surface area contributed by atoms with Gasteiger partial charge in [-0.25, -0.2) is 0 Å². The fraction of sp³-hybridized carbons (Fsp3) is 0.800. The fourth-order valence-electron chi connectivity index (χ4n) is 1.36. The third-order valence-electron chi connectivity index (χ3n) is 2.40. The smallest absolute Gasteiger partial charge is 0.0892 e. The van der Waals surface area contributed by atoms with Gasteiger partial charge in [-0.3, -0.25) is 0 Å². The van der Waals surface area contributed by atoms with E-state index in [1.807, 2.05) is 13.0 Å². The molecule has 12 heavy (non-hydrogen) atoms. The molecule has 0 aliphatic carbocycles. The summed E-state index contributed by atoms with van der Waals surface area (Å²) in [4.78, 5) is 0. The monoisotopic (exact) mass is 170 g/mol. The predicted octanol–water partition coefficient (Wildman–Crippen LogP) is 1.88. The van der Waals surface area contributed by atoms with E-state index in [9.17, 15) is 0 Å². The van der Waals surface area contributed by atoms with Crippen molar-refractivity contribution in [2.24, 2.45) is 0 Å². The topological polar surface area (TPSA) is 32.8 Å². The molecule has 1 heterocycles. The lowest BCUT2D eigenvalue weighted by Gasteiger charge is -1.98. The van der Waals surface area contributed by atoms with Crippen LogP contribution in [-0.2, 0) is 4.74 Å². The molecule has 1 aliphatic rings. The molecule has 1 fully saturated rings. The second-order valence-corrected chi connectivity index (χ2v) is 3.98. The second kappa shape index (κ2) is 3.58. The highest BCUT2D eigenvalue weighted by Gasteiger charge is 2.46. The van der Waals surface area contributed by atoms with Crippen LogP contribution in [0.15, 0.2) is 11.6 Å². The number of ether oxygens (including phenoxy) is 1. The van der Waals surface area contributed by atoms with E-state index >= 15 is 0 Å². The van der Waals surface area contributed by atoms with Gasteiger partial charge >= 0.3 is 0 Å². The summed E-state index contributed by atoms with van der Waals surface area (Å²) in [5, 5.41) is 8.61. The zero-order chi connectivity index (χ0) is 9.19. The molecule has 0 spiro atoms. The standard InChI is InChI=1S/C10H18O2/c1-8(6-7-11)4-5-9-10(2,3)12-9/h6,9,11H,4-5,7H2,1-3H3/b8-6+. The SMILES string of the molecule is C/C(=C\CO)CCC1OC1(C)C. The van der Waals surface area contributed by atoms with E-state index in [1.165, 1.54) is 5.57 Å². The van der Waals surface area contributed by atoms with Crippen LogP contribution in [0.25, 0.3) is 0 Å². The minimum atomic E-state index is 0.111. The van der Waals surface area contributed by atoms with E-state index in [4.69, 9.17) is 9.84 Å². The molecule has 2 nitrogen and oxygen atoms in total. The van der Waals surface area contributed by atoms with Crippen molar-refractivity contribution in [1.29, 1.82) is 0 Å². The van der Waals surface area contributed by atoms with Crippen LogP contribution in [-0.4, -0.2) is 23.4 Å². The van der Waals surface area contributed by atoms with E-state index < -0.39 is 0 Å². The molecular weight excluding hydrogens is 152 g/mol. The van der Waals surface area contributed by atoms with Gasteiger partial charge in [-0.15, -0.1) is 0 Å². The highest BCUT2D eigenvalue weighted by molar-refractivity contribution is 5.02. The van der Waals surface area contributed by atoms with Crippen LogP contribution >= 0.6 is 0 Å². The van der Waals surface area contributed by atoms with Crippen molar-refractivity contribution in [2.75, 3.05) is 6.61 Å². The fourth-order valence-corrected chi connectivity index (χ4v) is 1.36. The molecule has 1 saturated heterocycles. The molecule has 0 aromatic heterocycles. The Bertz CT molecular complexity index is 182. The molecular formula is C10H18O2. The van der Waals surface area contributed by atoms with Gasteiger partial charge in [0.15, 0.2) is 0 Å². The highest BCUT2D eigenvalue weighted by atomic mass is 16.6. The summed E-state index contributed by atoms with van der Waals surface area (Å²) in [7, 11) is 0. The molecule has 1 unspecified atom stereocenters. The Morgan fingerprint density at radius 1 is 1.58 bits per heavy atom. The van der Waals surface area contributed by atoms with Crippen LogP contribution in [0.3, 0.4) is 0 Å². The summed E-state index contributed by atoms with van der Waals surface area (Å²) in [5.74, 6) is 0. The number of allylic oxidation sites excluding steroid dienone is 1. The molecule has 0 amide bonds. The highest BCUT2D eigenvalue weighted by Crippen LogP contribution is 2.38. The number of hydrogen-bond donors (Lipinski definition) is 1. The largest absolute Gasteiger partial charge is 0.392 e. The quantitative estimate of drug-likeness (QED) is 0.516. The lowest BCUT2D eigenvalue weighted by molar-refractivity contribution is 0.319. The first-order valence-corrected chi connectivity index (χ1v) is 4.50. The maximum atomic E-state index is 8.61. The van der Waals surface area contributed by atoms with Crippen molar-refractivity contribution in [3.63, 3.8) is 0 Å². The normalized spacial score (nSPS) is 27.3. The van der Waals surface area contributed by atoms with Crippen molar-refractivity contribution in [3.8, 4) is 0 Å². The lowest BCUT2D eigenvalue weighted by atomic mass is 10.0.